The quantitative estimate of drug-likeness (QED) is 0.0229. The van der Waals surface area contributed by atoms with Crippen molar-refractivity contribution in [3.05, 3.63) is 71.5 Å². The molecule has 0 aliphatic rings. The Labute approximate surface area is 418 Å². The molecule has 0 saturated heterocycles. The number of rotatable bonds is 23. The third kappa shape index (κ3) is 24.2. The summed E-state index contributed by atoms with van der Waals surface area (Å²) in [7, 11) is 3.33. The molecule has 0 saturated carbocycles. The second-order valence-corrected chi connectivity index (χ2v) is 18.9. The maximum absolute atomic E-state index is 13.5. The van der Waals surface area contributed by atoms with E-state index >= 15 is 0 Å². The Morgan fingerprint density at radius 3 is 1.93 bits per heavy atom. The number of hydrogen-bond acceptors (Lipinski definition) is 15. The molecule has 3 atom stereocenters. The molecule has 0 aliphatic heterocycles. The smallest absolute Gasteiger partial charge is 0.412 e. The average molecular weight is 996 g/mol. The van der Waals surface area contributed by atoms with E-state index in [9.17, 15) is 38.4 Å². The fourth-order valence-corrected chi connectivity index (χ4v) is 6.09. The van der Waals surface area contributed by atoms with Crippen LogP contribution in [0.4, 0.5) is 10.5 Å². The number of unbranched alkanes of at least 4 members (excludes halogenated alkanes) is 2. The standard InChI is InChI=1S/C38H48N4O10.C9H17NO3.C5H12O/c1-7-10-11-12-29(30(8-2)42(24-44)52-36(47)25-15-17-28(18-16-25)41-37(48)51-38(4,5)6)34(45)39-23-40-35(46)32-20-19-31(50-32)26-13-14-27(22-43)33(21-26)49-9-3;1-9(2,3)13-8(12)7(10-4)5-6-11;1-5(2,3)6-4/h13-22,24,29-30H,7-12,23H2,1-6H3,(H,39,45)(H,40,46)(H,41,48);6-7,10H,5H2,1-4H3;1-4H3. The summed E-state index contributed by atoms with van der Waals surface area (Å²) < 4.78 is 26.5. The van der Waals surface area contributed by atoms with Gasteiger partial charge in [0, 0.05) is 24.8 Å². The van der Waals surface area contributed by atoms with Crippen LogP contribution in [0, 0.1) is 5.92 Å². The van der Waals surface area contributed by atoms with Crippen molar-refractivity contribution in [1.82, 2.24) is 21.0 Å². The topological polar surface area (TPSA) is 247 Å². The predicted octanol–water partition coefficient (Wildman–Crippen LogP) is 8.45. The average Bonchev–Trinajstić information content (AvgIpc) is 3.80. The normalized spacial score (nSPS) is 12.4. The van der Waals surface area contributed by atoms with E-state index < -0.39 is 53.1 Å². The summed E-state index contributed by atoms with van der Waals surface area (Å²) >= 11 is 0. The number of aldehydes is 2. The second kappa shape index (κ2) is 30.9. The number of anilines is 1. The van der Waals surface area contributed by atoms with E-state index in [-0.39, 0.29) is 42.4 Å². The minimum Gasteiger partial charge on any atom is -0.493 e. The van der Waals surface area contributed by atoms with Gasteiger partial charge >= 0.3 is 18.0 Å². The lowest BCUT2D eigenvalue weighted by atomic mass is 9.90. The van der Waals surface area contributed by atoms with E-state index in [1.807, 2.05) is 27.7 Å². The molecule has 3 aromatic rings. The lowest BCUT2D eigenvalue weighted by molar-refractivity contribution is -0.171. The first-order valence-corrected chi connectivity index (χ1v) is 23.6. The number of benzene rings is 2. The van der Waals surface area contributed by atoms with Crippen molar-refractivity contribution in [2.75, 3.05) is 32.7 Å². The number of ether oxygens (including phenoxy) is 4. The van der Waals surface area contributed by atoms with E-state index in [1.54, 1.807) is 93.8 Å². The number of carbonyl (C=O) groups excluding carboxylic acids is 8. The molecule has 4 N–H and O–H groups in total. The highest BCUT2D eigenvalue weighted by molar-refractivity contribution is 5.93. The molecule has 0 radical (unpaired) electrons. The van der Waals surface area contributed by atoms with Gasteiger partial charge in [0.15, 0.2) is 12.0 Å². The van der Waals surface area contributed by atoms with Gasteiger partial charge in [-0.2, -0.15) is 5.06 Å². The molecule has 0 bridgehead atoms. The number of hydrogen-bond donors (Lipinski definition) is 4. The fraction of sp³-hybridized carbons (Fsp3) is 0.538. The number of hydroxylamine groups is 2. The minimum absolute atomic E-state index is 0.000277. The number of nitrogens with one attached hydrogen (secondary N) is 4. The van der Waals surface area contributed by atoms with Gasteiger partial charge in [-0.05, 0) is 138 Å². The zero-order valence-corrected chi connectivity index (χ0v) is 44.0. The lowest BCUT2D eigenvalue weighted by Crippen LogP contribution is -2.49. The van der Waals surface area contributed by atoms with Crippen molar-refractivity contribution in [2.24, 2.45) is 5.92 Å². The monoisotopic (exact) mass is 996 g/mol. The van der Waals surface area contributed by atoms with Crippen LogP contribution >= 0.6 is 0 Å². The molecule has 1 aromatic heterocycles. The number of amides is 4. The van der Waals surface area contributed by atoms with Gasteiger partial charge in [-0.15, -0.1) is 0 Å². The Hall–Kier alpha value is -6.60. The highest BCUT2D eigenvalue weighted by atomic mass is 16.7. The van der Waals surface area contributed by atoms with Gasteiger partial charge in [-0.25, -0.2) is 9.59 Å². The Morgan fingerprint density at radius 2 is 1.42 bits per heavy atom. The predicted molar refractivity (Wildman–Crippen MR) is 269 cm³/mol. The molecule has 0 fully saturated rings. The number of likely N-dealkylation sites (N-methyl/N-ethyl adjacent to an activating group) is 1. The Kier molecular flexibility index (Phi) is 27.2. The van der Waals surface area contributed by atoms with Crippen molar-refractivity contribution >= 4 is 54.5 Å². The van der Waals surface area contributed by atoms with Crippen molar-refractivity contribution in [3.63, 3.8) is 0 Å². The Morgan fingerprint density at radius 1 is 0.789 bits per heavy atom. The molecule has 394 valence electrons. The first-order chi connectivity index (χ1) is 33.3. The molecular weight excluding hydrogens is 919 g/mol. The Bertz CT molecular complexity index is 2150. The molecule has 0 spiro atoms. The molecule has 1 heterocycles. The van der Waals surface area contributed by atoms with Gasteiger partial charge in [0.25, 0.3) is 5.91 Å². The molecular formula is C52H77N5O14. The molecule has 4 amide bonds. The maximum atomic E-state index is 13.5. The van der Waals surface area contributed by atoms with Crippen molar-refractivity contribution in [2.45, 2.75) is 150 Å². The van der Waals surface area contributed by atoms with E-state index in [0.717, 1.165) is 17.9 Å². The van der Waals surface area contributed by atoms with E-state index in [2.05, 4.69) is 21.3 Å². The van der Waals surface area contributed by atoms with Gasteiger partial charge in [-0.1, -0.05) is 39.2 Å². The van der Waals surface area contributed by atoms with E-state index in [1.165, 1.54) is 30.3 Å². The summed E-state index contributed by atoms with van der Waals surface area (Å²) in [6.07, 6.45) is 4.35. The Balaban J connectivity index is 0.00000111. The number of methoxy groups -OCH3 is 1. The molecule has 71 heavy (non-hydrogen) atoms. The molecule has 2 aromatic carbocycles. The minimum atomic E-state index is -0.832. The third-order valence-electron chi connectivity index (χ3n) is 9.77. The van der Waals surface area contributed by atoms with Crippen molar-refractivity contribution in [1.29, 1.82) is 0 Å². The number of nitrogens with zero attached hydrogens (tertiary/aromatic N) is 1. The fourth-order valence-electron chi connectivity index (χ4n) is 6.09. The summed E-state index contributed by atoms with van der Waals surface area (Å²) in [6, 6.07) is 12.5. The van der Waals surface area contributed by atoms with Crippen LogP contribution < -0.4 is 26.0 Å². The van der Waals surface area contributed by atoms with Crippen LogP contribution in [0.1, 0.15) is 153 Å². The van der Waals surface area contributed by atoms with Gasteiger partial charge in [0.05, 0.1) is 42.0 Å². The van der Waals surface area contributed by atoms with Crippen molar-refractivity contribution < 1.29 is 66.6 Å². The molecule has 3 rings (SSSR count). The summed E-state index contributed by atoms with van der Waals surface area (Å²) in [4.78, 5) is 102. The number of esters is 1. The zero-order valence-electron chi connectivity index (χ0n) is 44.0. The van der Waals surface area contributed by atoms with Crippen LogP contribution in [0.3, 0.4) is 0 Å². The number of furan rings is 1. The van der Waals surface area contributed by atoms with Crippen LogP contribution in [0.25, 0.3) is 11.3 Å². The summed E-state index contributed by atoms with van der Waals surface area (Å²) in [6.45, 7) is 22.4. The molecule has 3 unspecified atom stereocenters. The van der Waals surface area contributed by atoms with Crippen LogP contribution in [0.15, 0.2) is 59.0 Å². The van der Waals surface area contributed by atoms with Crippen molar-refractivity contribution in [3.8, 4) is 17.1 Å². The summed E-state index contributed by atoms with van der Waals surface area (Å²) in [5.41, 5.74) is 0.344. The van der Waals surface area contributed by atoms with Gasteiger partial charge in [-0.3, -0.25) is 29.3 Å². The summed E-state index contributed by atoms with van der Waals surface area (Å²) in [5, 5.41) is 11.5. The second-order valence-electron chi connectivity index (χ2n) is 18.9. The first kappa shape index (κ1) is 62.4. The largest absolute Gasteiger partial charge is 0.493 e. The maximum Gasteiger partial charge on any atom is 0.412 e. The molecule has 19 heteroatoms. The van der Waals surface area contributed by atoms with Crippen LogP contribution in [0.2, 0.25) is 0 Å². The van der Waals surface area contributed by atoms with Gasteiger partial charge in [0.1, 0.15) is 35.0 Å². The van der Waals surface area contributed by atoms with E-state index in [0.29, 0.717) is 66.8 Å². The highest BCUT2D eigenvalue weighted by Gasteiger charge is 2.34. The molecule has 0 aliphatic carbocycles. The van der Waals surface area contributed by atoms with E-state index in [4.69, 9.17) is 28.2 Å². The highest BCUT2D eigenvalue weighted by Crippen LogP contribution is 2.29. The number of carbonyl (C=O) groups is 8. The van der Waals surface area contributed by atoms with Gasteiger partial charge in [0.2, 0.25) is 12.3 Å². The summed E-state index contributed by atoms with van der Waals surface area (Å²) in [5.74, 6) is -2.23. The third-order valence-corrected chi connectivity index (χ3v) is 9.77. The van der Waals surface area contributed by atoms with Gasteiger partial charge < -0.3 is 48.9 Å². The molecule has 19 nitrogen and oxygen atoms in total. The SMILES string of the molecule is CCCCCC(C(=O)NCNC(=O)c1ccc(-c2ccc(C=O)c(OCC)c2)o1)C(CC)N(C=O)OC(=O)c1ccc(NC(=O)OC(C)(C)C)cc1.CNC(CC=O)C(=O)OC(C)(C)C.COC(C)(C)C. The van der Waals surface area contributed by atoms with Crippen LogP contribution in [0.5, 0.6) is 5.75 Å². The van der Waals surface area contributed by atoms with Crippen LogP contribution in [-0.2, 0) is 38.2 Å². The lowest BCUT2D eigenvalue weighted by Gasteiger charge is -2.31. The first-order valence-electron chi connectivity index (χ1n) is 23.6. The zero-order chi connectivity index (χ0) is 54.0. The van der Waals surface area contributed by atoms with Crippen LogP contribution in [-0.4, -0.2) is 110 Å².